The van der Waals surface area contributed by atoms with E-state index in [1.54, 1.807) is 0 Å². The van der Waals surface area contributed by atoms with Gasteiger partial charge in [0.2, 0.25) is 0 Å². The summed E-state index contributed by atoms with van der Waals surface area (Å²) in [6, 6.07) is 0.804. The fourth-order valence-corrected chi connectivity index (χ4v) is 3.15. The van der Waals surface area contributed by atoms with E-state index in [9.17, 15) is 0 Å². The van der Waals surface area contributed by atoms with Crippen LogP contribution in [-0.2, 0) is 0 Å². The minimum Gasteiger partial charge on any atom is -0.316 e. The van der Waals surface area contributed by atoms with E-state index in [0.29, 0.717) is 0 Å². The molecule has 0 aromatic heterocycles. The Morgan fingerprint density at radius 1 is 1.15 bits per heavy atom. The minimum atomic E-state index is 0.804. The summed E-state index contributed by atoms with van der Waals surface area (Å²) >= 11 is 0. The molecule has 1 atom stereocenters. The molecule has 1 N–H and O–H groups in total. The van der Waals surface area contributed by atoms with E-state index in [-0.39, 0.29) is 0 Å². The summed E-state index contributed by atoms with van der Waals surface area (Å²) in [4.78, 5) is 2.42. The van der Waals surface area contributed by atoms with Gasteiger partial charge in [0.15, 0.2) is 0 Å². The third kappa shape index (κ3) is 1.89. The number of hydrogen-bond acceptors (Lipinski definition) is 2. The van der Waals surface area contributed by atoms with Gasteiger partial charge in [0, 0.05) is 19.1 Å². The maximum absolute atomic E-state index is 3.54. The van der Waals surface area contributed by atoms with Gasteiger partial charge in [0.05, 0.1) is 0 Å². The summed E-state index contributed by atoms with van der Waals surface area (Å²) in [5, 5.41) is 3.54. The lowest BCUT2D eigenvalue weighted by molar-refractivity contribution is 0.0796. The summed E-state index contributed by atoms with van der Waals surface area (Å²) in [6.07, 6.45) is 5.86. The van der Waals surface area contributed by atoms with Crippen LogP contribution >= 0.6 is 0 Å². The second kappa shape index (κ2) is 3.97. The van der Waals surface area contributed by atoms with Crippen molar-refractivity contribution in [1.82, 2.24) is 10.2 Å². The molecule has 0 aromatic rings. The van der Waals surface area contributed by atoms with Crippen LogP contribution in [0.1, 0.15) is 25.7 Å². The second-order valence-corrected chi connectivity index (χ2v) is 4.84. The molecular weight excluding hydrogens is 160 g/mol. The highest BCUT2D eigenvalue weighted by Gasteiger charge is 2.35. The van der Waals surface area contributed by atoms with Crippen molar-refractivity contribution in [1.29, 1.82) is 0 Å². The van der Waals surface area contributed by atoms with Gasteiger partial charge in [0.25, 0.3) is 0 Å². The summed E-state index contributed by atoms with van der Waals surface area (Å²) in [5.41, 5.74) is 0. The van der Waals surface area contributed by atoms with Gasteiger partial charge in [-0.25, -0.2) is 0 Å². The van der Waals surface area contributed by atoms with Gasteiger partial charge in [0.1, 0.15) is 0 Å². The zero-order valence-electron chi connectivity index (χ0n) is 8.92. The lowest BCUT2D eigenvalue weighted by atomic mass is 9.83. The molecule has 1 unspecified atom stereocenters. The molecule has 2 rings (SSSR count). The molecule has 1 heterocycles. The van der Waals surface area contributed by atoms with Crippen molar-refractivity contribution in [2.45, 2.75) is 31.7 Å². The van der Waals surface area contributed by atoms with Crippen molar-refractivity contribution in [3.63, 3.8) is 0 Å². The Hall–Kier alpha value is -0.0800. The average molecular weight is 182 g/mol. The van der Waals surface area contributed by atoms with E-state index in [1.165, 1.54) is 38.8 Å². The number of rotatable bonds is 3. The Morgan fingerprint density at radius 3 is 2.23 bits per heavy atom. The van der Waals surface area contributed by atoms with Gasteiger partial charge < -0.3 is 10.2 Å². The van der Waals surface area contributed by atoms with Crippen molar-refractivity contribution in [2.24, 2.45) is 11.8 Å². The normalized spacial score (nSPS) is 29.1. The molecule has 1 saturated heterocycles. The van der Waals surface area contributed by atoms with Crippen LogP contribution < -0.4 is 5.32 Å². The van der Waals surface area contributed by atoms with Gasteiger partial charge in [-0.2, -0.15) is 0 Å². The van der Waals surface area contributed by atoms with E-state index >= 15 is 0 Å². The van der Waals surface area contributed by atoms with Crippen molar-refractivity contribution < 1.29 is 0 Å². The zero-order chi connectivity index (χ0) is 9.26. The molecule has 2 fully saturated rings. The molecule has 0 amide bonds. The SMILES string of the molecule is CNC(C1CCCC1)C1CN(C)C1. The predicted molar refractivity (Wildman–Crippen MR) is 55.8 cm³/mol. The molecule has 13 heavy (non-hydrogen) atoms. The average Bonchev–Trinajstić information content (AvgIpc) is 2.55. The Morgan fingerprint density at radius 2 is 1.77 bits per heavy atom. The molecule has 0 radical (unpaired) electrons. The third-order valence-electron chi connectivity index (χ3n) is 3.84. The highest BCUT2D eigenvalue weighted by Crippen LogP contribution is 2.33. The largest absolute Gasteiger partial charge is 0.316 e. The van der Waals surface area contributed by atoms with E-state index in [0.717, 1.165) is 17.9 Å². The highest BCUT2D eigenvalue weighted by molar-refractivity contribution is 4.92. The monoisotopic (exact) mass is 182 g/mol. The van der Waals surface area contributed by atoms with Crippen molar-refractivity contribution in [3.05, 3.63) is 0 Å². The molecule has 0 bridgehead atoms. The maximum atomic E-state index is 3.54. The lowest BCUT2D eigenvalue weighted by Crippen LogP contribution is -2.55. The highest BCUT2D eigenvalue weighted by atomic mass is 15.2. The molecule has 0 spiro atoms. The van der Waals surface area contributed by atoms with Crippen LogP contribution in [0.2, 0.25) is 0 Å². The third-order valence-corrected chi connectivity index (χ3v) is 3.84. The Kier molecular flexibility index (Phi) is 2.89. The lowest BCUT2D eigenvalue weighted by Gasteiger charge is -2.43. The van der Waals surface area contributed by atoms with Crippen LogP contribution in [0.5, 0.6) is 0 Å². The van der Waals surface area contributed by atoms with Crippen LogP contribution in [0.25, 0.3) is 0 Å². The number of nitrogens with zero attached hydrogens (tertiary/aromatic N) is 1. The minimum absolute atomic E-state index is 0.804. The van der Waals surface area contributed by atoms with Crippen LogP contribution in [-0.4, -0.2) is 38.1 Å². The predicted octanol–water partition coefficient (Wildman–Crippen LogP) is 1.33. The van der Waals surface area contributed by atoms with Crippen molar-refractivity contribution >= 4 is 0 Å². The second-order valence-electron chi connectivity index (χ2n) is 4.84. The number of likely N-dealkylation sites (tertiary alicyclic amines) is 1. The summed E-state index contributed by atoms with van der Waals surface area (Å²) in [7, 11) is 4.36. The van der Waals surface area contributed by atoms with Crippen molar-refractivity contribution in [2.75, 3.05) is 27.2 Å². The van der Waals surface area contributed by atoms with E-state index < -0.39 is 0 Å². The molecule has 2 heteroatoms. The quantitative estimate of drug-likeness (QED) is 0.708. The Bertz CT molecular complexity index is 157. The summed E-state index contributed by atoms with van der Waals surface area (Å²) < 4.78 is 0. The van der Waals surface area contributed by atoms with Crippen LogP contribution in [0.15, 0.2) is 0 Å². The molecule has 1 aliphatic heterocycles. The molecule has 0 aromatic carbocycles. The molecule has 1 saturated carbocycles. The zero-order valence-corrected chi connectivity index (χ0v) is 8.92. The van der Waals surface area contributed by atoms with Crippen LogP contribution in [0.4, 0.5) is 0 Å². The summed E-state index contributed by atoms with van der Waals surface area (Å²) in [6.45, 7) is 2.62. The Labute approximate surface area is 81.7 Å². The van der Waals surface area contributed by atoms with Crippen LogP contribution in [0.3, 0.4) is 0 Å². The molecular formula is C11H22N2. The van der Waals surface area contributed by atoms with Gasteiger partial charge in [-0.05, 0) is 38.8 Å². The fourth-order valence-electron chi connectivity index (χ4n) is 3.15. The Balaban J connectivity index is 1.85. The summed E-state index contributed by atoms with van der Waals surface area (Å²) in [5.74, 6) is 1.90. The first kappa shape index (κ1) is 9.47. The first-order valence-electron chi connectivity index (χ1n) is 5.67. The smallest absolute Gasteiger partial charge is 0.0145 e. The number of nitrogens with one attached hydrogen (secondary N) is 1. The number of hydrogen-bond donors (Lipinski definition) is 1. The molecule has 76 valence electrons. The fraction of sp³-hybridized carbons (Fsp3) is 1.00. The van der Waals surface area contributed by atoms with Gasteiger partial charge >= 0.3 is 0 Å². The van der Waals surface area contributed by atoms with Gasteiger partial charge in [-0.3, -0.25) is 0 Å². The van der Waals surface area contributed by atoms with E-state index in [2.05, 4.69) is 24.3 Å². The first-order valence-corrected chi connectivity index (χ1v) is 5.67. The topological polar surface area (TPSA) is 15.3 Å². The molecule has 1 aliphatic carbocycles. The van der Waals surface area contributed by atoms with Crippen LogP contribution in [0, 0.1) is 11.8 Å². The first-order chi connectivity index (χ1) is 6.31. The van der Waals surface area contributed by atoms with Crippen molar-refractivity contribution in [3.8, 4) is 0 Å². The standard InChI is InChI=1S/C11H22N2/c1-12-11(9-5-3-4-6-9)10-7-13(2)8-10/h9-12H,3-8H2,1-2H3. The molecule has 2 nitrogen and oxygen atoms in total. The van der Waals surface area contributed by atoms with E-state index in [1.807, 2.05) is 0 Å². The molecule has 2 aliphatic rings. The van der Waals surface area contributed by atoms with Gasteiger partial charge in [-0.1, -0.05) is 12.8 Å². The van der Waals surface area contributed by atoms with Gasteiger partial charge in [-0.15, -0.1) is 0 Å². The maximum Gasteiger partial charge on any atom is 0.0145 e. The van der Waals surface area contributed by atoms with E-state index in [4.69, 9.17) is 0 Å².